The van der Waals surface area contributed by atoms with Crippen LogP contribution in [0.1, 0.15) is 28.9 Å². The molecule has 0 bridgehead atoms. The fourth-order valence-corrected chi connectivity index (χ4v) is 4.53. The van der Waals surface area contributed by atoms with Crippen LogP contribution in [0.15, 0.2) is 54.6 Å². The van der Waals surface area contributed by atoms with Crippen molar-refractivity contribution in [2.24, 2.45) is 0 Å². The van der Waals surface area contributed by atoms with Gasteiger partial charge in [0.25, 0.3) is 0 Å². The van der Waals surface area contributed by atoms with E-state index in [1.165, 1.54) is 38.5 Å². The van der Waals surface area contributed by atoms with Crippen molar-refractivity contribution in [3.8, 4) is 34.5 Å². The Morgan fingerprint density at radius 2 is 1.69 bits per heavy atom. The lowest BCUT2D eigenvalue weighted by molar-refractivity contribution is -0.570. The Morgan fingerprint density at radius 1 is 1.06 bits per heavy atom. The molecule has 0 unspecified atom stereocenters. The van der Waals surface area contributed by atoms with Gasteiger partial charge >= 0.3 is 5.00 Å². The summed E-state index contributed by atoms with van der Waals surface area (Å²) in [6.07, 6.45) is -3.16. The molecule has 0 aromatic heterocycles. The summed E-state index contributed by atoms with van der Waals surface area (Å²) >= 11 is 6.55. The SMILES string of the molecule is COc1cc([C@@H]2Oc3cc4c(cc3[C@H](O)[C@@]2(Cl)[N+](=O)[O-])OCO4)cc(OC)c1OCc1ccccc1. The minimum absolute atomic E-state index is 0.0160. The molecule has 0 fully saturated rings. The van der Waals surface area contributed by atoms with Crippen LogP contribution in [-0.2, 0) is 6.61 Å². The molecule has 5 rings (SSSR count). The monoisotopic (exact) mass is 515 g/mol. The fraction of sp³-hybridized carbons (Fsp3) is 0.280. The van der Waals surface area contributed by atoms with E-state index in [0.29, 0.717) is 17.2 Å². The van der Waals surface area contributed by atoms with Gasteiger partial charge in [0, 0.05) is 17.2 Å². The lowest BCUT2D eigenvalue weighted by Crippen LogP contribution is -2.49. The molecule has 0 saturated carbocycles. The van der Waals surface area contributed by atoms with Crippen molar-refractivity contribution in [1.29, 1.82) is 0 Å². The van der Waals surface area contributed by atoms with E-state index < -0.39 is 22.1 Å². The maximum atomic E-state index is 12.2. The third kappa shape index (κ3) is 3.88. The van der Waals surface area contributed by atoms with Crippen molar-refractivity contribution in [3.05, 3.63) is 81.4 Å². The van der Waals surface area contributed by atoms with Crippen molar-refractivity contribution in [2.45, 2.75) is 23.8 Å². The highest BCUT2D eigenvalue weighted by atomic mass is 35.5. The van der Waals surface area contributed by atoms with Gasteiger partial charge in [-0.3, -0.25) is 10.1 Å². The summed E-state index contributed by atoms with van der Waals surface area (Å²) < 4.78 is 33.8. The zero-order valence-corrected chi connectivity index (χ0v) is 20.1. The molecule has 0 spiro atoms. The van der Waals surface area contributed by atoms with Crippen LogP contribution in [0, 0.1) is 10.1 Å². The summed E-state index contributed by atoms with van der Waals surface area (Å²) in [5, 5.41) is 23.3. The topological polar surface area (TPSA) is 119 Å². The molecule has 2 heterocycles. The number of methoxy groups -OCH3 is 2. The first kappa shape index (κ1) is 23.8. The molecule has 10 nitrogen and oxygen atoms in total. The van der Waals surface area contributed by atoms with Crippen LogP contribution in [0.2, 0.25) is 0 Å². The number of aliphatic hydroxyl groups excluding tert-OH is 1. The van der Waals surface area contributed by atoms with Crippen LogP contribution < -0.4 is 28.4 Å². The molecule has 3 aromatic rings. The second kappa shape index (κ2) is 9.29. The van der Waals surface area contributed by atoms with Crippen LogP contribution in [0.4, 0.5) is 0 Å². The van der Waals surface area contributed by atoms with E-state index in [-0.39, 0.29) is 41.8 Å². The number of nitro groups is 1. The Hall–Kier alpha value is -3.89. The highest BCUT2D eigenvalue weighted by Gasteiger charge is 2.62. The van der Waals surface area contributed by atoms with Gasteiger partial charge in [-0.25, -0.2) is 0 Å². The number of rotatable bonds is 7. The van der Waals surface area contributed by atoms with Crippen LogP contribution in [0.25, 0.3) is 0 Å². The van der Waals surface area contributed by atoms with Gasteiger partial charge in [-0.2, -0.15) is 0 Å². The predicted molar refractivity (Wildman–Crippen MR) is 127 cm³/mol. The second-order valence-corrected chi connectivity index (χ2v) is 8.76. The quantitative estimate of drug-likeness (QED) is 0.211. The van der Waals surface area contributed by atoms with E-state index in [4.69, 9.17) is 40.0 Å². The average molecular weight is 516 g/mol. The molecule has 1 N–H and O–H groups in total. The third-order valence-electron chi connectivity index (χ3n) is 6.09. The van der Waals surface area contributed by atoms with Crippen molar-refractivity contribution in [3.63, 3.8) is 0 Å². The van der Waals surface area contributed by atoms with Gasteiger partial charge in [0.1, 0.15) is 12.4 Å². The summed E-state index contributed by atoms with van der Waals surface area (Å²) in [4.78, 5) is 9.00. The molecular formula is C25H22ClNO9. The smallest absolute Gasteiger partial charge is 0.364 e. The normalized spacial score (nSPS) is 21.8. The standard InChI is InChI=1S/C25H22ClNO9/c1-31-20-8-15(9-21(32-2)22(20)33-12-14-6-4-3-5-7-14)24-25(26,27(29)30)23(28)16-10-18-19(35-13-34-18)11-17(16)36-24/h3-11,23-24,28H,12-13H2,1-2H3/t23-,24-,25+/m0/s1. The maximum absolute atomic E-state index is 12.2. The van der Waals surface area contributed by atoms with Crippen molar-refractivity contribution in [1.82, 2.24) is 0 Å². The fourth-order valence-electron chi connectivity index (χ4n) is 4.25. The van der Waals surface area contributed by atoms with E-state index in [2.05, 4.69) is 0 Å². The highest BCUT2D eigenvalue weighted by Crippen LogP contribution is 2.55. The number of halogens is 1. The van der Waals surface area contributed by atoms with E-state index in [0.717, 1.165) is 5.56 Å². The van der Waals surface area contributed by atoms with Gasteiger partial charge in [0.2, 0.25) is 18.6 Å². The molecular weight excluding hydrogens is 494 g/mol. The zero-order chi connectivity index (χ0) is 25.4. The van der Waals surface area contributed by atoms with Crippen LogP contribution >= 0.6 is 11.6 Å². The molecule has 0 radical (unpaired) electrons. The summed E-state index contributed by atoms with van der Waals surface area (Å²) in [5.41, 5.74) is 1.28. The number of benzene rings is 3. The first-order valence-corrected chi connectivity index (χ1v) is 11.3. The summed E-state index contributed by atoms with van der Waals surface area (Å²) in [6.45, 7) is 0.221. The van der Waals surface area contributed by atoms with Gasteiger partial charge in [-0.1, -0.05) is 30.3 Å². The van der Waals surface area contributed by atoms with E-state index >= 15 is 0 Å². The molecule has 3 atom stereocenters. The van der Waals surface area contributed by atoms with Crippen LogP contribution in [0.5, 0.6) is 34.5 Å². The molecule has 36 heavy (non-hydrogen) atoms. The highest BCUT2D eigenvalue weighted by molar-refractivity contribution is 6.23. The van der Waals surface area contributed by atoms with Crippen molar-refractivity contribution >= 4 is 11.6 Å². The molecule has 0 aliphatic carbocycles. The Morgan fingerprint density at radius 3 is 2.31 bits per heavy atom. The lowest BCUT2D eigenvalue weighted by Gasteiger charge is -2.37. The van der Waals surface area contributed by atoms with E-state index in [9.17, 15) is 15.2 Å². The molecule has 188 valence electrons. The molecule has 2 aliphatic rings. The summed E-state index contributed by atoms with van der Waals surface area (Å²) in [6, 6.07) is 15.5. The van der Waals surface area contributed by atoms with Gasteiger partial charge in [-0.05, 0) is 35.4 Å². The summed E-state index contributed by atoms with van der Waals surface area (Å²) in [5.74, 6) is 1.70. The Labute approximate surface area is 211 Å². The molecule has 11 heteroatoms. The number of nitrogens with zero attached hydrogens (tertiary/aromatic N) is 1. The van der Waals surface area contributed by atoms with E-state index in [1.54, 1.807) is 0 Å². The second-order valence-electron chi connectivity index (χ2n) is 8.16. The summed E-state index contributed by atoms with van der Waals surface area (Å²) in [7, 11) is 2.86. The number of alkyl halides is 1. The average Bonchev–Trinajstić information content (AvgIpc) is 3.36. The van der Waals surface area contributed by atoms with Gasteiger partial charge in [0.15, 0.2) is 29.1 Å². The largest absolute Gasteiger partial charge is 0.493 e. The number of hydrogen-bond acceptors (Lipinski definition) is 9. The van der Waals surface area contributed by atoms with Gasteiger partial charge < -0.3 is 33.5 Å². The first-order chi connectivity index (χ1) is 17.4. The molecule has 3 aromatic carbocycles. The number of fused-ring (bicyclic) bond motifs is 2. The maximum Gasteiger partial charge on any atom is 0.364 e. The van der Waals surface area contributed by atoms with Crippen molar-refractivity contribution in [2.75, 3.05) is 21.0 Å². The van der Waals surface area contributed by atoms with Gasteiger partial charge in [0.05, 0.1) is 19.1 Å². The van der Waals surface area contributed by atoms with Crippen LogP contribution in [0.3, 0.4) is 0 Å². The first-order valence-electron chi connectivity index (χ1n) is 10.9. The Kier molecular flexibility index (Phi) is 6.15. The number of hydrogen-bond donors (Lipinski definition) is 1. The third-order valence-corrected chi connectivity index (χ3v) is 6.63. The van der Waals surface area contributed by atoms with Crippen molar-refractivity contribution < 1.29 is 38.5 Å². The minimum atomic E-state index is -2.47. The molecule has 0 saturated heterocycles. The molecule has 0 amide bonds. The van der Waals surface area contributed by atoms with Crippen LogP contribution in [-0.4, -0.2) is 36.0 Å². The lowest BCUT2D eigenvalue weighted by atomic mass is 9.89. The van der Waals surface area contributed by atoms with Gasteiger partial charge in [-0.15, -0.1) is 0 Å². The Balaban J connectivity index is 1.57. The molecule has 2 aliphatic heterocycles. The van der Waals surface area contributed by atoms with E-state index in [1.807, 2.05) is 30.3 Å². The number of aliphatic hydroxyl groups is 1. The predicted octanol–water partition coefficient (Wildman–Crippen LogP) is 4.39. The zero-order valence-electron chi connectivity index (χ0n) is 19.3. The Bertz CT molecular complexity index is 1280. The minimum Gasteiger partial charge on any atom is -0.493 e. The number of ether oxygens (including phenoxy) is 6.